The maximum atomic E-state index is 13.8. The van der Waals surface area contributed by atoms with Crippen molar-refractivity contribution in [3.05, 3.63) is 28.8 Å². The number of rotatable bonds is 10. The van der Waals surface area contributed by atoms with Gasteiger partial charge in [0.1, 0.15) is 0 Å². The van der Waals surface area contributed by atoms with Gasteiger partial charge in [-0.3, -0.25) is 9.11 Å². The van der Waals surface area contributed by atoms with Crippen LogP contribution in [0.2, 0.25) is 0 Å². The third-order valence-electron chi connectivity index (χ3n) is 5.32. The molecule has 1 aromatic carbocycles. The lowest BCUT2D eigenvalue weighted by atomic mass is 9.72. The van der Waals surface area contributed by atoms with E-state index in [-0.39, 0.29) is 44.6 Å². The number of alkyl halides is 6. The first-order valence-electron chi connectivity index (χ1n) is 9.68. The lowest BCUT2D eigenvalue weighted by Crippen LogP contribution is -2.60. The second-order valence-corrected chi connectivity index (χ2v) is 11.0. The van der Waals surface area contributed by atoms with Crippen LogP contribution in [-0.2, 0) is 38.0 Å². The third kappa shape index (κ3) is 7.65. The van der Waals surface area contributed by atoms with E-state index in [0.717, 1.165) is 0 Å². The van der Waals surface area contributed by atoms with E-state index in [1.807, 2.05) is 0 Å². The highest BCUT2D eigenvalue weighted by Crippen LogP contribution is 2.47. The summed E-state index contributed by atoms with van der Waals surface area (Å²) in [5.41, 5.74) is -5.33. The summed E-state index contributed by atoms with van der Waals surface area (Å²) < 4.78 is 142. The SMILES string of the molecule is O=S(=O)(O)CCCCC1(CCCCS(=O)(=O)O)C=[NH+]c2cc(C(F)(F)F)cc(C(F)(F)F)c21. The highest BCUT2D eigenvalue weighted by molar-refractivity contribution is 7.86. The molecule has 0 saturated carbocycles. The van der Waals surface area contributed by atoms with Crippen molar-refractivity contribution >= 4 is 32.1 Å². The van der Waals surface area contributed by atoms with Crippen molar-refractivity contribution in [3.8, 4) is 0 Å². The molecule has 0 atom stereocenters. The summed E-state index contributed by atoms with van der Waals surface area (Å²) >= 11 is 0. The Balaban J connectivity index is 2.48. The molecule has 0 fully saturated rings. The van der Waals surface area contributed by atoms with Gasteiger partial charge in [-0.25, -0.2) is 4.99 Å². The van der Waals surface area contributed by atoms with Gasteiger partial charge in [0, 0.05) is 6.07 Å². The largest absolute Gasteiger partial charge is 0.416 e. The van der Waals surface area contributed by atoms with Crippen molar-refractivity contribution in [2.75, 3.05) is 11.5 Å². The van der Waals surface area contributed by atoms with Crippen molar-refractivity contribution < 1.29 is 57.3 Å². The zero-order valence-electron chi connectivity index (χ0n) is 17.0. The molecule has 0 spiro atoms. The van der Waals surface area contributed by atoms with Gasteiger partial charge in [-0.1, -0.05) is 12.8 Å². The quantitative estimate of drug-likeness (QED) is 0.245. The number of nitrogens with one attached hydrogen (secondary N) is 1. The molecule has 15 heteroatoms. The molecule has 1 aromatic rings. The number of hydrogen-bond donors (Lipinski definition) is 3. The fourth-order valence-corrected chi connectivity index (χ4v) is 5.07. The smallest absolute Gasteiger partial charge is 0.286 e. The zero-order chi connectivity index (χ0) is 25.3. The lowest BCUT2D eigenvalue weighted by Gasteiger charge is -2.28. The molecular weight excluding hydrogens is 504 g/mol. The molecule has 0 radical (unpaired) electrons. The summed E-state index contributed by atoms with van der Waals surface area (Å²) in [5.74, 6) is -1.30. The van der Waals surface area contributed by atoms with Crippen LogP contribution in [0.3, 0.4) is 0 Å². The van der Waals surface area contributed by atoms with E-state index in [1.54, 1.807) is 0 Å². The fourth-order valence-electron chi connectivity index (χ4n) is 3.94. The standard InChI is InChI=1S/C18H21F6NO6S2/c19-17(20,21)12-9-13(18(22,23)24)15-14(10-12)25-11-16(15,5-1-3-7-32(26,27)28)6-2-4-8-33(29,30)31/h9-11H,1-8H2,(H,26,27,28)(H,29,30,31)/p+1. The van der Waals surface area contributed by atoms with Crippen LogP contribution in [0.4, 0.5) is 32.0 Å². The van der Waals surface area contributed by atoms with Gasteiger partial charge in [-0.15, -0.1) is 0 Å². The predicted molar refractivity (Wildman–Crippen MR) is 105 cm³/mol. The molecule has 0 unspecified atom stereocenters. The average molecular weight is 526 g/mol. The molecule has 188 valence electrons. The molecule has 0 aromatic heterocycles. The van der Waals surface area contributed by atoms with Gasteiger partial charge in [0.2, 0.25) is 5.69 Å². The van der Waals surface area contributed by atoms with Crippen molar-refractivity contribution in [1.29, 1.82) is 0 Å². The van der Waals surface area contributed by atoms with Crippen LogP contribution in [0.5, 0.6) is 0 Å². The number of hydrogen-bond acceptors (Lipinski definition) is 4. The van der Waals surface area contributed by atoms with Crippen LogP contribution >= 0.6 is 0 Å². The Morgan fingerprint density at radius 2 is 1.27 bits per heavy atom. The van der Waals surface area contributed by atoms with Crippen molar-refractivity contribution in [3.63, 3.8) is 0 Å². The first-order chi connectivity index (χ1) is 14.8. The molecule has 1 heterocycles. The summed E-state index contributed by atoms with van der Waals surface area (Å²) in [6, 6.07) is 0.573. The predicted octanol–water partition coefficient (Wildman–Crippen LogP) is 2.87. The molecule has 2 rings (SSSR count). The second kappa shape index (κ2) is 9.50. The van der Waals surface area contributed by atoms with E-state index in [9.17, 15) is 43.2 Å². The average Bonchev–Trinajstić information content (AvgIpc) is 2.98. The van der Waals surface area contributed by atoms with Crippen molar-refractivity contribution in [1.82, 2.24) is 0 Å². The molecule has 0 aliphatic carbocycles. The van der Waals surface area contributed by atoms with Gasteiger partial charge in [0.15, 0.2) is 6.21 Å². The van der Waals surface area contributed by atoms with Gasteiger partial charge < -0.3 is 0 Å². The molecule has 3 N–H and O–H groups in total. The molecule has 1 aliphatic rings. The molecule has 0 bridgehead atoms. The summed E-state index contributed by atoms with van der Waals surface area (Å²) in [5, 5.41) is 0. The summed E-state index contributed by atoms with van der Waals surface area (Å²) in [6.07, 6.45) is -9.40. The molecular formula is C18H22F6NO6S2+. The van der Waals surface area contributed by atoms with E-state index >= 15 is 0 Å². The van der Waals surface area contributed by atoms with E-state index in [4.69, 9.17) is 9.11 Å². The Hall–Kier alpha value is -1.71. The van der Waals surface area contributed by atoms with Gasteiger partial charge in [0.05, 0.1) is 33.6 Å². The second-order valence-electron chi connectivity index (χ2n) is 7.87. The Bertz CT molecular complexity index is 1070. The van der Waals surface area contributed by atoms with E-state index in [2.05, 4.69) is 4.99 Å². The monoisotopic (exact) mass is 526 g/mol. The molecule has 0 saturated heterocycles. The minimum absolute atomic E-state index is 0.00796. The van der Waals surface area contributed by atoms with Crippen LogP contribution in [0.25, 0.3) is 0 Å². The van der Waals surface area contributed by atoms with Gasteiger partial charge in [0.25, 0.3) is 20.2 Å². The number of fused-ring (bicyclic) bond motifs is 1. The van der Waals surface area contributed by atoms with Crippen LogP contribution in [0, 0.1) is 0 Å². The van der Waals surface area contributed by atoms with E-state index in [1.165, 1.54) is 6.21 Å². The molecule has 33 heavy (non-hydrogen) atoms. The van der Waals surface area contributed by atoms with E-state index in [0.29, 0.717) is 6.07 Å². The number of halogens is 6. The maximum absolute atomic E-state index is 13.8. The highest BCUT2D eigenvalue weighted by atomic mass is 32.2. The Morgan fingerprint density at radius 1 is 0.788 bits per heavy atom. The van der Waals surface area contributed by atoms with Gasteiger partial charge in [-0.2, -0.15) is 43.2 Å². The van der Waals surface area contributed by atoms with Crippen LogP contribution in [0.15, 0.2) is 12.1 Å². The molecule has 1 aliphatic heterocycles. The van der Waals surface area contributed by atoms with Crippen molar-refractivity contribution in [2.45, 2.75) is 56.3 Å². The van der Waals surface area contributed by atoms with Gasteiger partial charge in [-0.05, 0) is 31.7 Å². The molecule has 7 nitrogen and oxygen atoms in total. The maximum Gasteiger partial charge on any atom is 0.416 e. The van der Waals surface area contributed by atoms with Crippen LogP contribution < -0.4 is 4.99 Å². The lowest BCUT2D eigenvalue weighted by molar-refractivity contribution is -0.345. The molecule has 0 amide bonds. The number of unbranched alkanes of at least 4 members (excludes halogenated alkanes) is 2. The fraction of sp³-hybridized carbons (Fsp3) is 0.611. The van der Waals surface area contributed by atoms with Crippen LogP contribution in [0.1, 0.15) is 55.2 Å². The first-order valence-corrected chi connectivity index (χ1v) is 12.9. The topological polar surface area (TPSA) is 123 Å². The van der Waals surface area contributed by atoms with Crippen molar-refractivity contribution in [2.24, 2.45) is 0 Å². The zero-order valence-corrected chi connectivity index (χ0v) is 18.6. The highest BCUT2D eigenvalue weighted by Gasteiger charge is 2.50. The van der Waals surface area contributed by atoms with E-state index < -0.39 is 71.9 Å². The van der Waals surface area contributed by atoms with Gasteiger partial charge >= 0.3 is 12.4 Å². The summed E-state index contributed by atoms with van der Waals surface area (Å²) in [4.78, 5) is 2.47. The first kappa shape index (κ1) is 27.5. The van der Waals surface area contributed by atoms with Crippen LogP contribution in [-0.4, -0.2) is 43.7 Å². The minimum atomic E-state index is -5.14. The normalized spacial score (nSPS) is 16.2. The Labute approximate surface area is 186 Å². The number of benzene rings is 1. The minimum Gasteiger partial charge on any atom is -0.286 e. The summed E-state index contributed by atoms with van der Waals surface area (Å²) in [7, 11) is -8.63. The Morgan fingerprint density at radius 3 is 1.67 bits per heavy atom. The Kier molecular flexibility index (Phi) is 7.93. The third-order valence-corrected chi connectivity index (χ3v) is 6.93. The summed E-state index contributed by atoms with van der Waals surface area (Å²) in [6.45, 7) is 0.